The number of para-hydroxylation sites is 3. The van der Waals surface area contributed by atoms with Gasteiger partial charge in [0.1, 0.15) is 53.1 Å². The number of pyridine rings is 1. The lowest BCUT2D eigenvalue weighted by molar-refractivity contribution is -0.119. The molecule has 0 atom stereocenters. The quantitative estimate of drug-likeness (QED) is 0.0741. The van der Waals surface area contributed by atoms with Gasteiger partial charge < -0.3 is 34.2 Å². The van der Waals surface area contributed by atoms with Crippen molar-refractivity contribution < 1.29 is 13.6 Å². The summed E-state index contributed by atoms with van der Waals surface area (Å²) in [5.41, 5.74) is 6.99. The largest absolute Gasteiger partial charge is 0.464 e. The number of aryl methyl sites for hydroxylation is 1. The number of aromatic amines is 6. The Labute approximate surface area is 637 Å². The minimum atomic E-state index is -0.314. The van der Waals surface area contributed by atoms with Crippen molar-refractivity contribution in [2.75, 3.05) is 6.54 Å². The Morgan fingerprint density at radius 2 is 1.03 bits per heavy atom. The highest BCUT2D eigenvalue weighted by Gasteiger charge is 2.06. The maximum absolute atomic E-state index is 11.1. The van der Waals surface area contributed by atoms with E-state index < -0.39 is 0 Å². The van der Waals surface area contributed by atoms with Crippen molar-refractivity contribution in [3.63, 3.8) is 0 Å². The molecule has 15 heterocycles. The Bertz CT molecular complexity index is 4570. The van der Waals surface area contributed by atoms with E-state index in [9.17, 15) is 24.0 Å². The van der Waals surface area contributed by atoms with Gasteiger partial charge in [0.2, 0.25) is 5.91 Å². The zero-order valence-electron chi connectivity index (χ0n) is 65.3. The predicted molar refractivity (Wildman–Crippen MR) is 444 cm³/mol. The van der Waals surface area contributed by atoms with E-state index >= 15 is 0 Å². The smallest absolute Gasteiger partial charge is 0.419 e. The molecule has 1 saturated heterocycles. The number of carbonyl (C=O) groups is 1. The van der Waals surface area contributed by atoms with Gasteiger partial charge in [0.25, 0.3) is 11.1 Å². The number of rotatable bonds is 0. The zero-order chi connectivity index (χ0) is 80.5. The van der Waals surface area contributed by atoms with Gasteiger partial charge in [-0.25, -0.2) is 64.6 Å². The van der Waals surface area contributed by atoms with Crippen LogP contribution in [0.5, 0.6) is 0 Å². The summed E-state index contributed by atoms with van der Waals surface area (Å²) in [6.07, 6.45) is 27.6. The summed E-state index contributed by atoms with van der Waals surface area (Å²) in [7, 11) is 1.69. The van der Waals surface area contributed by atoms with Gasteiger partial charge in [-0.1, -0.05) is 167 Å². The van der Waals surface area contributed by atoms with Crippen molar-refractivity contribution >= 4 is 115 Å². The standard InChI is InChI=1S/C9H7NO.C9H6O2.C8H7NO2.2C6H4N2S.3C5H4N4.C4H7NO.C3H4N2O.9C2H6/c11-9-8-4-2-1-3-7(8)5-6-10-9;10-8-5-6-11-9-4-2-1-3-7(8)9;1-9-6-4-2-3-5-7(6)11-8(9)10;1-2-9-6-3-7-4-8-5(1)6;1-2-9-6-5(1)3-7-4-8-6;2*1-4-5(8-2-6-1)9-3-7-4;1-4-2-8-9-5(4)7-3-6-1;6-4-2-1-3-5-4;6-3-1-2-4-5-3;9*1-2/h1-6H,(H,10,11);1-6H;2-5H,1H3;2*1-4H;3*1-3H,(H,6,7,8,9);1-3H2,(H,5,6);1-2H,(H2,4,5,6);9*1-2H3. The SMILES string of the molecule is CC.CC.CC.CC.CC.CC.CC.CC.CC.Cn1c(=O)oc2ccccc21.O=C1CCCN1.O=c1[nH]ccc2ccccc12.O=c1cc[nH][nH]1.O=c1ccoc2ccccc12.c1ncc2[nH]cnc2n1.c1ncc2[nH]cnc2n1.c1ncc2ccsc2n1.c1ncc2cn[nH]c2n1.c1ncc2sccc2n1. The van der Waals surface area contributed by atoms with Crippen LogP contribution in [0.1, 0.15) is 137 Å². The maximum atomic E-state index is 11.1. The van der Waals surface area contributed by atoms with Gasteiger partial charge in [0, 0.05) is 73.9 Å². The first-order valence-corrected chi connectivity index (χ1v) is 37.5. The maximum Gasteiger partial charge on any atom is 0.419 e. The van der Waals surface area contributed by atoms with Gasteiger partial charge in [-0.15, -0.1) is 22.7 Å². The number of hydrogen-bond acceptors (Lipinski definition) is 22. The molecule has 1 aliphatic heterocycles. The summed E-state index contributed by atoms with van der Waals surface area (Å²) < 4.78 is 12.6. The summed E-state index contributed by atoms with van der Waals surface area (Å²) >= 11 is 3.30. The number of nitrogens with one attached hydrogen (secondary N) is 7. The van der Waals surface area contributed by atoms with E-state index in [4.69, 9.17) is 8.83 Å². The van der Waals surface area contributed by atoms with Gasteiger partial charge >= 0.3 is 5.76 Å². The van der Waals surface area contributed by atoms with Crippen LogP contribution in [-0.4, -0.2) is 112 Å². The van der Waals surface area contributed by atoms with Gasteiger partial charge in [-0.3, -0.25) is 33.9 Å². The number of imidazole rings is 2. The second-order valence-corrected chi connectivity index (χ2v) is 19.8. The molecular formula is C78H105N21O7S2. The van der Waals surface area contributed by atoms with E-state index in [1.165, 1.54) is 41.9 Å². The lowest BCUT2D eigenvalue weighted by Crippen LogP contribution is -2.12. The third-order valence-electron chi connectivity index (χ3n) is 11.9. The van der Waals surface area contributed by atoms with Crippen LogP contribution in [0.15, 0.2) is 242 Å². The van der Waals surface area contributed by atoms with Crippen molar-refractivity contribution in [1.82, 2.24) is 105 Å². The molecule has 7 N–H and O–H groups in total. The first-order valence-electron chi connectivity index (χ1n) is 35.8. The molecule has 17 aromatic rings. The molecule has 1 aliphatic rings. The number of thiophene rings is 2. The van der Waals surface area contributed by atoms with Crippen LogP contribution >= 0.6 is 22.7 Å². The number of aromatic nitrogens is 20. The normalized spacial score (nSPS) is 9.56. The number of carbonyl (C=O) groups excluding carboxylic acids is 1. The number of hydrogen-bond donors (Lipinski definition) is 7. The highest BCUT2D eigenvalue weighted by molar-refractivity contribution is 7.17. The van der Waals surface area contributed by atoms with E-state index in [1.54, 1.807) is 110 Å². The molecule has 3 aromatic carbocycles. The molecule has 14 aromatic heterocycles. The molecule has 0 unspecified atom stereocenters. The monoisotopic (exact) mass is 1510 g/mol. The number of amides is 1. The fraction of sp³-hybridized carbons (Fsp3) is 0.282. The number of fused-ring (bicyclic) bond motifs is 8. The molecule has 108 heavy (non-hydrogen) atoms. The van der Waals surface area contributed by atoms with E-state index in [0.717, 1.165) is 78.2 Å². The van der Waals surface area contributed by atoms with Crippen molar-refractivity contribution in [2.24, 2.45) is 7.05 Å². The van der Waals surface area contributed by atoms with E-state index in [0.29, 0.717) is 27.8 Å². The third kappa shape index (κ3) is 34.9. The molecule has 576 valence electrons. The van der Waals surface area contributed by atoms with Crippen molar-refractivity contribution in [3.8, 4) is 0 Å². The average Bonchev–Trinajstić information content (AvgIpc) is 1.59. The fourth-order valence-electron chi connectivity index (χ4n) is 7.58. The topological polar surface area (TPSA) is 391 Å². The zero-order valence-corrected chi connectivity index (χ0v) is 66.9. The summed E-state index contributed by atoms with van der Waals surface area (Å²) in [6.45, 7) is 36.9. The van der Waals surface area contributed by atoms with Gasteiger partial charge in [0.05, 0.1) is 64.0 Å². The summed E-state index contributed by atoms with van der Waals surface area (Å²) in [6, 6.07) is 30.8. The van der Waals surface area contributed by atoms with Crippen LogP contribution in [0, 0.1) is 0 Å². The second-order valence-electron chi connectivity index (χ2n) is 17.9. The molecule has 0 spiro atoms. The lowest BCUT2D eigenvalue weighted by Gasteiger charge is -1.92. The van der Waals surface area contributed by atoms with E-state index in [2.05, 4.69) is 100 Å². The van der Waals surface area contributed by atoms with Crippen LogP contribution in [0.2, 0.25) is 0 Å². The molecule has 1 fully saturated rings. The fourth-order valence-corrected chi connectivity index (χ4v) is 9.00. The van der Waals surface area contributed by atoms with Crippen molar-refractivity contribution in [2.45, 2.75) is 137 Å². The average molecular weight is 1510 g/mol. The molecule has 0 saturated carbocycles. The summed E-state index contributed by atoms with van der Waals surface area (Å²) in [5, 5.41) is 22.4. The number of oxazole rings is 1. The molecule has 30 heteroatoms. The highest BCUT2D eigenvalue weighted by atomic mass is 32.1. The van der Waals surface area contributed by atoms with Crippen LogP contribution in [0.25, 0.3) is 86.6 Å². The van der Waals surface area contributed by atoms with E-state index in [1.807, 2.05) is 221 Å². The van der Waals surface area contributed by atoms with Gasteiger partial charge in [-0.2, -0.15) is 5.10 Å². The lowest BCUT2D eigenvalue weighted by atomic mass is 10.2. The Hall–Kier alpha value is -12.4. The number of nitrogens with zero attached hydrogens (tertiary/aromatic N) is 14. The molecule has 1 amide bonds. The molecule has 0 aliphatic carbocycles. The van der Waals surface area contributed by atoms with Crippen LogP contribution in [-0.2, 0) is 11.8 Å². The van der Waals surface area contributed by atoms with Crippen LogP contribution < -0.4 is 27.6 Å². The number of H-pyrrole nitrogens is 6. The summed E-state index contributed by atoms with van der Waals surface area (Å²) in [4.78, 5) is 110. The van der Waals surface area contributed by atoms with Crippen molar-refractivity contribution in [3.05, 3.63) is 255 Å². The predicted octanol–water partition coefficient (Wildman–Crippen LogP) is 17.7. The highest BCUT2D eigenvalue weighted by Crippen LogP contribution is 2.17. The molecule has 28 nitrogen and oxygen atoms in total. The molecule has 0 radical (unpaired) electrons. The molecule has 18 rings (SSSR count). The first-order chi connectivity index (χ1) is 53.2. The Balaban J connectivity index is 0.00000115. The minimum Gasteiger partial charge on any atom is -0.464 e. The summed E-state index contributed by atoms with van der Waals surface area (Å²) in [5.74, 6) is -0.110. The second kappa shape index (κ2) is 62.0. The van der Waals surface area contributed by atoms with Gasteiger partial charge in [-0.05, 0) is 71.1 Å². The Morgan fingerprint density at radius 3 is 1.56 bits per heavy atom. The minimum absolute atomic E-state index is 0.00634. The molecule has 0 bridgehead atoms. The molecular weight excluding hydrogens is 1410 g/mol. The van der Waals surface area contributed by atoms with Crippen LogP contribution in [0.4, 0.5) is 0 Å². The first kappa shape index (κ1) is 95.6. The van der Waals surface area contributed by atoms with Crippen molar-refractivity contribution in [1.29, 1.82) is 0 Å². The van der Waals surface area contributed by atoms with Crippen LogP contribution in [0.3, 0.4) is 0 Å². The Kier molecular flexibility index (Phi) is 54.8. The van der Waals surface area contributed by atoms with E-state index in [-0.39, 0.29) is 28.2 Å². The van der Waals surface area contributed by atoms with Gasteiger partial charge in [0.15, 0.2) is 28.0 Å². The Morgan fingerprint density at radius 1 is 0.472 bits per heavy atom. The number of benzene rings is 3. The third-order valence-corrected chi connectivity index (χ3v) is 13.6.